The van der Waals surface area contributed by atoms with Gasteiger partial charge in [-0.15, -0.1) is 0 Å². The predicted octanol–water partition coefficient (Wildman–Crippen LogP) is 2.26. The van der Waals surface area contributed by atoms with E-state index in [1.165, 1.54) is 0 Å². The topological polar surface area (TPSA) is 68.2 Å². The minimum absolute atomic E-state index is 0.337. The summed E-state index contributed by atoms with van der Waals surface area (Å²) in [6.45, 7) is 2.31. The van der Waals surface area contributed by atoms with Crippen LogP contribution < -0.4 is 0 Å². The van der Waals surface area contributed by atoms with E-state index in [1.807, 2.05) is 60.7 Å². The Morgan fingerprint density at radius 3 is 1.84 bits per heavy atom. The van der Waals surface area contributed by atoms with Crippen LogP contribution in [0.15, 0.2) is 60.7 Å². The van der Waals surface area contributed by atoms with E-state index in [0.717, 1.165) is 11.1 Å². The van der Waals surface area contributed by atoms with Crippen molar-refractivity contribution in [2.75, 3.05) is 0 Å². The van der Waals surface area contributed by atoms with E-state index < -0.39 is 30.7 Å². The first kappa shape index (κ1) is 18.0. The van der Waals surface area contributed by atoms with Gasteiger partial charge in [0.05, 0.1) is 19.3 Å². The lowest BCUT2D eigenvalue weighted by molar-refractivity contribution is -0.156. The summed E-state index contributed by atoms with van der Waals surface area (Å²) in [7, 11) is 0. The molecule has 2 aromatic carbocycles. The molecule has 1 aliphatic rings. The highest BCUT2D eigenvalue weighted by Gasteiger charge is 2.47. The van der Waals surface area contributed by atoms with Crippen LogP contribution in [0.4, 0.5) is 0 Å². The zero-order valence-electron chi connectivity index (χ0n) is 14.2. The molecular formula is C20H24O5. The van der Waals surface area contributed by atoms with Gasteiger partial charge >= 0.3 is 0 Å². The minimum Gasteiger partial charge on any atom is -0.391 e. The van der Waals surface area contributed by atoms with E-state index in [1.54, 1.807) is 6.92 Å². The molecule has 5 heteroatoms. The molecule has 1 aliphatic heterocycles. The van der Waals surface area contributed by atoms with Crippen molar-refractivity contribution < 1.29 is 24.4 Å². The van der Waals surface area contributed by atoms with Crippen LogP contribution in [0.5, 0.6) is 0 Å². The van der Waals surface area contributed by atoms with E-state index >= 15 is 0 Å². The molecule has 2 N–H and O–H groups in total. The normalized spacial score (nSPS) is 27.3. The van der Waals surface area contributed by atoms with Crippen LogP contribution in [-0.4, -0.2) is 40.9 Å². The SMILES string of the molecule is C[C@@H](O)[C@@H]1O[C@@H](O)[C@H](OCc2ccccc2)[C@H]1OCc1ccccc1. The molecule has 25 heavy (non-hydrogen) atoms. The molecule has 3 rings (SSSR count). The van der Waals surface area contributed by atoms with Crippen LogP contribution in [-0.2, 0) is 27.4 Å². The van der Waals surface area contributed by atoms with Crippen molar-refractivity contribution in [2.24, 2.45) is 0 Å². The van der Waals surface area contributed by atoms with Crippen molar-refractivity contribution >= 4 is 0 Å². The fraction of sp³-hybridized carbons (Fsp3) is 0.400. The first-order valence-corrected chi connectivity index (χ1v) is 8.48. The fourth-order valence-electron chi connectivity index (χ4n) is 2.95. The number of aliphatic hydroxyl groups is 2. The first-order chi connectivity index (χ1) is 12.1. The third kappa shape index (κ3) is 4.66. The summed E-state index contributed by atoms with van der Waals surface area (Å²) in [5, 5.41) is 20.2. The van der Waals surface area contributed by atoms with Gasteiger partial charge < -0.3 is 24.4 Å². The van der Waals surface area contributed by atoms with Crippen molar-refractivity contribution in [3.05, 3.63) is 71.8 Å². The predicted molar refractivity (Wildman–Crippen MR) is 92.6 cm³/mol. The highest BCUT2D eigenvalue weighted by Crippen LogP contribution is 2.29. The second-order valence-electron chi connectivity index (χ2n) is 6.25. The molecule has 0 aromatic heterocycles. The fourth-order valence-corrected chi connectivity index (χ4v) is 2.95. The molecule has 134 valence electrons. The highest BCUT2D eigenvalue weighted by molar-refractivity contribution is 5.14. The smallest absolute Gasteiger partial charge is 0.184 e. The van der Waals surface area contributed by atoms with Crippen molar-refractivity contribution in [2.45, 2.75) is 50.8 Å². The summed E-state index contributed by atoms with van der Waals surface area (Å²) >= 11 is 0. The molecule has 0 saturated carbocycles. The lowest BCUT2D eigenvalue weighted by atomic mass is 10.1. The van der Waals surface area contributed by atoms with Crippen LogP contribution >= 0.6 is 0 Å². The molecule has 0 radical (unpaired) electrons. The highest BCUT2D eigenvalue weighted by atomic mass is 16.7. The van der Waals surface area contributed by atoms with E-state index in [9.17, 15) is 10.2 Å². The maximum absolute atomic E-state index is 10.2. The Balaban J connectivity index is 1.67. The molecule has 0 aliphatic carbocycles. The molecule has 0 bridgehead atoms. The average Bonchev–Trinajstić information content (AvgIpc) is 2.96. The molecule has 1 heterocycles. The van der Waals surface area contributed by atoms with Gasteiger partial charge in [0.15, 0.2) is 6.29 Å². The zero-order valence-corrected chi connectivity index (χ0v) is 14.2. The van der Waals surface area contributed by atoms with Crippen LogP contribution in [0.2, 0.25) is 0 Å². The van der Waals surface area contributed by atoms with E-state index in [2.05, 4.69) is 0 Å². The quantitative estimate of drug-likeness (QED) is 0.806. The number of hydrogen-bond acceptors (Lipinski definition) is 5. The van der Waals surface area contributed by atoms with Crippen molar-refractivity contribution in [3.8, 4) is 0 Å². The standard InChI is InChI=1S/C20H24O5/c1-14(21)17-18(23-12-15-8-4-2-5-9-15)19(20(22)25-17)24-13-16-10-6-3-7-11-16/h2-11,14,17-22H,12-13H2,1H3/t14-,17+,18+,19-,20-/m1/s1. The molecule has 0 unspecified atom stereocenters. The van der Waals surface area contributed by atoms with Gasteiger partial charge in [-0.05, 0) is 18.1 Å². The van der Waals surface area contributed by atoms with Gasteiger partial charge in [-0.25, -0.2) is 0 Å². The second-order valence-corrected chi connectivity index (χ2v) is 6.25. The van der Waals surface area contributed by atoms with Crippen LogP contribution in [0.25, 0.3) is 0 Å². The average molecular weight is 344 g/mol. The van der Waals surface area contributed by atoms with E-state index in [0.29, 0.717) is 13.2 Å². The third-order valence-electron chi connectivity index (χ3n) is 4.27. The Hall–Kier alpha value is -1.76. The largest absolute Gasteiger partial charge is 0.391 e. The van der Waals surface area contributed by atoms with Crippen molar-refractivity contribution in [1.29, 1.82) is 0 Å². The molecule has 5 nitrogen and oxygen atoms in total. The summed E-state index contributed by atoms with van der Waals surface area (Å²) in [5.74, 6) is 0. The second kappa shape index (κ2) is 8.56. The number of benzene rings is 2. The lowest BCUT2D eigenvalue weighted by Gasteiger charge is -2.25. The molecule has 2 aromatic rings. The zero-order chi connectivity index (χ0) is 17.6. The Bertz CT molecular complexity index is 631. The number of ether oxygens (including phenoxy) is 3. The van der Waals surface area contributed by atoms with Crippen molar-refractivity contribution in [1.82, 2.24) is 0 Å². The first-order valence-electron chi connectivity index (χ1n) is 8.48. The van der Waals surface area contributed by atoms with E-state index in [-0.39, 0.29) is 0 Å². The van der Waals surface area contributed by atoms with Gasteiger partial charge in [0.2, 0.25) is 0 Å². The Labute approximate surface area is 147 Å². The van der Waals surface area contributed by atoms with Gasteiger partial charge in [-0.3, -0.25) is 0 Å². The number of hydrogen-bond donors (Lipinski definition) is 2. The van der Waals surface area contributed by atoms with Crippen molar-refractivity contribution in [3.63, 3.8) is 0 Å². The summed E-state index contributed by atoms with van der Waals surface area (Å²) < 4.78 is 17.3. The summed E-state index contributed by atoms with van der Waals surface area (Å²) in [6.07, 6.45) is -3.77. The number of rotatable bonds is 7. The molecule has 0 amide bonds. The van der Waals surface area contributed by atoms with Crippen LogP contribution in [0.3, 0.4) is 0 Å². The summed E-state index contributed by atoms with van der Waals surface area (Å²) in [4.78, 5) is 0. The Morgan fingerprint density at radius 1 is 0.880 bits per heavy atom. The van der Waals surface area contributed by atoms with Crippen LogP contribution in [0.1, 0.15) is 18.1 Å². The molecule has 1 fully saturated rings. The molecule has 1 saturated heterocycles. The minimum atomic E-state index is -1.14. The Morgan fingerprint density at radius 2 is 1.36 bits per heavy atom. The van der Waals surface area contributed by atoms with Gasteiger partial charge in [-0.2, -0.15) is 0 Å². The third-order valence-corrected chi connectivity index (χ3v) is 4.27. The van der Waals surface area contributed by atoms with Gasteiger partial charge in [0, 0.05) is 0 Å². The molecule has 0 spiro atoms. The van der Waals surface area contributed by atoms with Crippen LogP contribution in [0, 0.1) is 0 Å². The lowest BCUT2D eigenvalue weighted by Crippen LogP contribution is -2.41. The monoisotopic (exact) mass is 344 g/mol. The van der Waals surface area contributed by atoms with E-state index in [4.69, 9.17) is 14.2 Å². The maximum Gasteiger partial charge on any atom is 0.184 e. The number of aliphatic hydroxyl groups excluding tert-OH is 2. The maximum atomic E-state index is 10.2. The van der Waals surface area contributed by atoms with Gasteiger partial charge in [0.1, 0.15) is 18.3 Å². The van der Waals surface area contributed by atoms with Gasteiger partial charge in [-0.1, -0.05) is 60.7 Å². The Kier molecular flexibility index (Phi) is 6.18. The van der Waals surface area contributed by atoms with Gasteiger partial charge in [0.25, 0.3) is 0 Å². The molecular weight excluding hydrogens is 320 g/mol. The molecule has 5 atom stereocenters. The summed E-state index contributed by atoms with van der Waals surface area (Å²) in [5.41, 5.74) is 2.01. The summed E-state index contributed by atoms with van der Waals surface area (Å²) in [6, 6.07) is 19.4.